The Labute approximate surface area is 140 Å². The number of ether oxygens (including phenoxy) is 2. The van der Waals surface area contributed by atoms with Gasteiger partial charge in [0, 0.05) is 31.4 Å². The van der Waals surface area contributed by atoms with Gasteiger partial charge in [0.2, 0.25) is 11.8 Å². The lowest BCUT2D eigenvalue weighted by Crippen LogP contribution is -2.29. The summed E-state index contributed by atoms with van der Waals surface area (Å²) in [6.07, 6.45) is 8.91. The van der Waals surface area contributed by atoms with Gasteiger partial charge in [-0.3, -0.25) is 9.78 Å². The molecule has 0 bridgehead atoms. The van der Waals surface area contributed by atoms with Crippen molar-refractivity contribution in [1.29, 1.82) is 0 Å². The summed E-state index contributed by atoms with van der Waals surface area (Å²) in [4.78, 5) is 22.1. The minimum Gasteiger partial charge on any atom is -0.497 e. The molecule has 1 amide bonds. The van der Waals surface area contributed by atoms with E-state index < -0.39 is 0 Å². The molecule has 0 spiro atoms. The molecule has 1 unspecified atom stereocenters. The summed E-state index contributed by atoms with van der Waals surface area (Å²) in [7, 11) is 1.63. The Morgan fingerprint density at radius 1 is 1.29 bits per heavy atom. The summed E-state index contributed by atoms with van der Waals surface area (Å²) in [6.45, 7) is 1.24. The molecule has 3 rings (SSSR count). The molecule has 24 heavy (non-hydrogen) atoms. The number of likely N-dealkylation sites (tertiary alicyclic amines) is 1. The van der Waals surface area contributed by atoms with E-state index in [4.69, 9.17) is 9.47 Å². The maximum Gasteiger partial charge on any atom is 0.246 e. The third-order valence-electron chi connectivity index (χ3n) is 3.82. The van der Waals surface area contributed by atoms with Crippen LogP contribution < -0.4 is 9.47 Å². The van der Waals surface area contributed by atoms with Crippen molar-refractivity contribution in [3.8, 4) is 11.6 Å². The monoisotopic (exact) mass is 325 g/mol. The van der Waals surface area contributed by atoms with E-state index in [0.717, 1.165) is 17.7 Å². The number of aromatic nitrogens is 2. The topological polar surface area (TPSA) is 64.5 Å². The molecule has 2 heterocycles. The smallest absolute Gasteiger partial charge is 0.246 e. The number of rotatable bonds is 5. The molecule has 0 radical (unpaired) electrons. The third-order valence-corrected chi connectivity index (χ3v) is 3.82. The van der Waals surface area contributed by atoms with E-state index in [1.54, 1.807) is 42.8 Å². The van der Waals surface area contributed by atoms with Gasteiger partial charge in [0.1, 0.15) is 11.9 Å². The van der Waals surface area contributed by atoms with Gasteiger partial charge in [-0.05, 0) is 23.8 Å². The van der Waals surface area contributed by atoms with Crippen LogP contribution in [0.1, 0.15) is 12.0 Å². The Hall–Kier alpha value is -2.89. The van der Waals surface area contributed by atoms with Crippen molar-refractivity contribution in [3.63, 3.8) is 0 Å². The number of methoxy groups -OCH3 is 1. The van der Waals surface area contributed by atoms with Crippen LogP contribution in [0.4, 0.5) is 0 Å². The van der Waals surface area contributed by atoms with Crippen molar-refractivity contribution < 1.29 is 14.3 Å². The number of benzene rings is 1. The summed E-state index contributed by atoms with van der Waals surface area (Å²) in [5.74, 6) is 1.27. The van der Waals surface area contributed by atoms with Crippen molar-refractivity contribution in [3.05, 3.63) is 54.5 Å². The molecule has 6 heteroatoms. The van der Waals surface area contributed by atoms with E-state index in [1.807, 2.05) is 24.3 Å². The SMILES string of the molecule is COc1ccc(/C=C/C(=O)N2CCC(Oc3cnccn3)C2)cc1. The Kier molecular flexibility index (Phi) is 5.05. The molecule has 0 N–H and O–H groups in total. The Balaban J connectivity index is 1.53. The zero-order chi connectivity index (χ0) is 16.8. The van der Waals surface area contributed by atoms with Crippen LogP contribution in [0.2, 0.25) is 0 Å². The number of amides is 1. The molecule has 2 aromatic rings. The molecule has 1 atom stereocenters. The van der Waals surface area contributed by atoms with Crippen molar-refractivity contribution in [2.45, 2.75) is 12.5 Å². The summed E-state index contributed by atoms with van der Waals surface area (Å²) in [6, 6.07) is 7.55. The van der Waals surface area contributed by atoms with Gasteiger partial charge in [-0.15, -0.1) is 0 Å². The van der Waals surface area contributed by atoms with Gasteiger partial charge in [0.25, 0.3) is 0 Å². The standard InChI is InChI=1S/C18H19N3O3/c1-23-15-5-2-14(3-6-15)4-7-18(22)21-11-8-16(13-21)24-17-12-19-9-10-20-17/h2-7,9-10,12,16H,8,11,13H2,1H3/b7-4+. The highest BCUT2D eigenvalue weighted by Crippen LogP contribution is 2.17. The first-order valence-corrected chi connectivity index (χ1v) is 7.78. The van der Waals surface area contributed by atoms with Crippen LogP contribution in [-0.2, 0) is 4.79 Å². The molecule has 1 aromatic carbocycles. The number of carbonyl (C=O) groups is 1. The largest absolute Gasteiger partial charge is 0.497 e. The van der Waals surface area contributed by atoms with E-state index in [9.17, 15) is 4.79 Å². The van der Waals surface area contributed by atoms with Crippen molar-refractivity contribution >= 4 is 12.0 Å². The maximum absolute atomic E-state index is 12.3. The predicted molar refractivity (Wildman–Crippen MR) is 89.7 cm³/mol. The third kappa shape index (κ3) is 4.10. The lowest BCUT2D eigenvalue weighted by molar-refractivity contribution is -0.125. The number of nitrogens with zero attached hydrogens (tertiary/aromatic N) is 3. The van der Waals surface area contributed by atoms with E-state index >= 15 is 0 Å². The molecule has 1 fully saturated rings. The van der Waals surface area contributed by atoms with Crippen LogP contribution in [0.25, 0.3) is 6.08 Å². The summed E-state index contributed by atoms with van der Waals surface area (Å²) in [5, 5.41) is 0. The Morgan fingerprint density at radius 2 is 2.12 bits per heavy atom. The van der Waals surface area contributed by atoms with Gasteiger partial charge >= 0.3 is 0 Å². The minimum atomic E-state index is -0.0416. The quantitative estimate of drug-likeness (QED) is 0.788. The number of hydrogen-bond donors (Lipinski definition) is 0. The van der Waals surface area contributed by atoms with Crippen molar-refractivity contribution in [1.82, 2.24) is 14.9 Å². The van der Waals surface area contributed by atoms with Gasteiger partial charge in [0.15, 0.2) is 0 Å². The van der Waals surface area contributed by atoms with Crippen molar-refractivity contribution in [2.24, 2.45) is 0 Å². The fourth-order valence-corrected chi connectivity index (χ4v) is 2.53. The van der Waals surface area contributed by atoms with Crippen LogP contribution in [0, 0.1) is 0 Å². The molecule has 0 aliphatic carbocycles. The van der Waals surface area contributed by atoms with E-state index in [2.05, 4.69) is 9.97 Å². The second-order valence-corrected chi connectivity index (χ2v) is 5.46. The summed E-state index contributed by atoms with van der Waals surface area (Å²) in [5.41, 5.74) is 0.954. The fourth-order valence-electron chi connectivity index (χ4n) is 2.53. The molecule has 124 valence electrons. The van der Waals surface area contributed by atoms with Gasteiger partial charge in [-0.2, -0.15) is 0 Å². The average molecular weight is 325 g/mol. The van der Waals surface area contributed by atoms with Crippen LogP contribution in [-0.4, -0.2) is 47.1 Å². The first-order chi connectivity index (χ1) is 11.7. The van der Waals surface area contributed by atoms with Gasteiger partial charge in [-0.25, -0.2) is 4.98 Å². The second-order valence-electron chi connectivity index (χ2n) is 5.46. The first kappa shape index (κ1) is 16.0. The molecule has 6 nitrogen and oxygen atoms in total. The highest BCUT2D eigenvalue weighted by molar-refractivity contribution is 5.92. The fraction of sp³-hybridized carbons (Fsp3) is 0.278. The highest BCUT2D eigenvalue weighted by Gasteiger charge is 2.26. The normalized spacial score (nSPS) is 17.2. The van der Waals surface area contributed by atoms with E-state index in [0.29, 0.717) is 19.0 Å². The van der Waals surface area contributed by atoms with Gasteiger partial charge in [-0.1, -0.05) is 12.1 Å². The summed E-state index contributed by atoms with van der Waals surface area (Å²) >= 11 is 0. The molecule has 1 saturated heterocycles. The van der Waals surface area contributed by atoms with Crippen LogP contribution in [0.3, 0.4) is 0 Å². The molecule has 1 aromatic heterocycles. The zero-order valence-corrected chi connectivity index (χ0v) is 13.5. The zero-order valence-electron chi connectivity index (χ0n) is 13.5. The highest BCUT2D eigenvalue weighted by atomic mass is 16.5. The first-order valence-electron chi connectivity index (χ1n) is 7.78. The minimum absolute atomic E-state index is 0.0175. The molecule has 1 aliphatic heterocycles. The second kappa shape index (κ2) is 7.59. The molecular weight excluding hydrogens is 306 g/mol. The van der Waals surface area contributed by atoms with E-state index in [-0.39, 0.29) is 12.0 Å². The lowest BCUT2D eigenvalue weighted by Gasteiger charge is -2.15. The molecule has 1 aliphatic rings. The van der Waals surface area contributed by atoms with Crippen LogP contribution in [0.15, 0.2) is 48.9 Å². The number of hydrogen-bond acceptors (Lipinski definition) is 5. The Bertz CT molecular complexity index is 701. The Morgan fingerprint density at radius 3 is 2.83 bits per heavy atom. The van der Waals surface area contributed by atoms with Crippen LogP contribution >= 0.6 is 0 Å². The predicted octanol–water partition coefficient (Wildman–Crippen LogP) is 2.18. The van der Waals surface area contributed by atoms with Crippen LogP contribution in [0.5, 0.6) is 11.6 Å². The van der Waals surface area contributed by atoms with Gasteiger partial charge in [0.05, 0.1) is 19.9 Å². The number of carbonyl (C=O) groups excluding carboxylic acids is 1. The lowest BCUT2D eigenvalue weighted by atomic mass is 10.2. The van der Waals surface area contributed by atoms with Gasteiger partial charge < -0.3 is 14.4 Å². The molecular formula is C18H19N3O3. The van der Waals surface area contributed by atoms with Crippen molar-refractivity contribution in [2.75, 3.05) is 20.2 Å². The maximum atomic E-state index is 12.3. The average Bonchev–Trinajstić information content (AvgIpc) is 3.09. The van der Waals surface area contributed by atoms with E-state index in [1.165, 1.54) is 0 Å². The summed E-state index contributed by atoms with van der Waals surface area (Å²) < 4.78 is 10.9. The molecule has 0 saturated carbocycles.